The molecule has 104 valence electrons. The summed E-state index contributed by atoms with van der Waals surface area (Å²) in [6, 6.07) is 0. The molecule has 0 bridgehead atoms. The van der Waals surface area contributed by atoms with Crippen LogP contribution < -0.4 is 51.4 Å². The summed E-state index contributed by atoms with van der Waals surface area (Å²) in [5.41, 5.74) is 0. The van der Waals surface area contributed by atoms with E-state index in [9.17, 15) is 13.0 Å². The van der Waals surface area contributed by atoms with Crippen molar-refractivity contribution in [2.45, 2.75) is 71.1 Å². The summed E-state index contributed by atoms with van der Waals surface area (Å²) in [4.78, 5) is 0. The van der Waals surface area contributed by atoms with E-state index in [0.717, 1.165) is 12.8 Å². The molecule has 0 atom stereocenters. The fourth-order valence-electron chi connectivity index (χ4n) is 1.75. The van der Waals surface area contributed by atoms with Gasteiger partial charge in [0, 0.05) is 0 Å². The van der Waals surface area contributed by atoms with E-state index in [2.05, 4.69) is 11.1 Å². The molecule has 0 unspecified atom stereocenters. The van der Waals surface area contributed by atoms with Crippen LogP contribution in [0, 0.1) is 0 Å². The molecule has 0 aromatic carbocycles. The molecule has 0 aromatic rings. The average molecular weight is 307 g/mol. The number of hydrogen-bond acceptors (Lipinski definition) is 4. The zero-order chi connectivity index (χ0) is 13.0. The molecule has 0 radical (unpaired) electrons. The molecule has 18 heavy (non-hydrogen) atoms. The van der Waals surface area contributed by atoms with Gasteiger partial charge in [0.25, 0.3) is 0 Å². The van der Waals surface area contributed by atoms with Crippen LogP contribution in [0.4, 0.5) is 0 Å². The van der Waals surface area contributed by atoms with Gasteiger partial charge in [-0.05, 0) is 6.42 Å². The predicted molar refractivity (Wildman–Crippen MR) is 67.5 cm³/mol. The Morgan fingerprint density at radius 1 is 0.833 bits per heavy atom. The Balaban J connectivity index is 0. The standard InChI is InChI=1S/C12H26O4S.K/c1-2-3-4-5-6-7-8-9-10-11-12-16-17(13,14)15;/h2-12H2,1H3,(H,13,14,15);/q;+1/p-1/i17+3;. The van der Waals surface area contributed by atoms with Gasteiger partial charge in [-0.15, -0.1) is 0 Å². The molecule has 0 saturated heterocycles. The second-order valence-electron chi connectivity index (χ2n) is 4.41. The van der Waals surface area contributed by atoms with Crippen molar-refractivity contribution in [2.75, 3.05) is 6.61 Å². The van der Waals surface area contributed by atoms with Crippen LogP contribution in [0.3, 0.4) is 0 Å². The first kappa shape index (κ1) is 21.8. The molecule has 0 heterocycles. The predicted octanol–water partition coefficient (Wildman–Crippen LogP) is 0.388. The van der Waals surface area contributed by atoms with Gasteiger partial charge in [0.1, 0.15) is 0 Å². The van der Waals surface area contributed by atoms with Crippen LogP contribution in [0.1, 0.15) is 71.1 Å². The summed E-state index contributed by atoms with van der Waals surface area (Å²) in [5, 5.41) is 0. The first-order valence-corrected chi connectivity index (χ1v) is 8.00. The maximum absolute atomic E-state index is 10.1. The van der Waals surface area contributed by atoms with Gasteiger partial charge in [-0.25, -0.2) is 8.42 Å². The third-order valence-corrected chi connectivity index (χ3v) is 3.18. The van der Waals surface area contributed by atoms with Crippen molar-refractivity contribution in [3.63, 3.8) is 0 Å². The van der Waals surface area contributed by atoms with E-state index >= 15 is 0 Å². The summed E-state index contributed by atoms with van der Waals surface area (Å²) in [7, 11) is -4.48. The van der Waals surface area contributed by atoms with Crippen molar-refractivity contribution >= 4 is 10.4 Å². The first-order valence-electron chi connectivity index (χ1n) is 6.66. The number of hydrogen-bond donors (Lipinski definition) is 0. The summed E-state index contributed by atoms with van der Waals surface area (Å²) in [6.45, 7) is 2.24. The van der Waals surface area contributed by atoms with Gasteiger partial charge in [0.05, 0.1) is 6.61 Å². The molecule has 0 aliphatic rings. The minimum absolute atomic E-state index is 0. The quantitative estimate of drug-likeness (QED) is 0.226. The zero-order valence-electron chi connectivity index (χ0n) is 11.8. The van der Waals surface area contributed by atoms with E-state index in [0.29, 0.717) is 6.42 Å². The van der Waals surface area contributed by atoms with Gasteiger partial charge < -0.3 is 4.55 Å². The first-order chi connectivity index (χ1) is 8.06. The van der Waals surface area contributed by atoms with Crippen molar-refractivity contribution < 1.29 is 68.5 Å². The summed E-state index contributed by atoms with van der Waals surface area (Å²) >= 11 is 0. The Morgan fingerprint density at radius 2 is 1.22 bits per heavy atom. The van der Waals surface area contributed by atoms with Crippen LogP contribution >= 0.6 is 0 Å². The average Bonchev–Trinajstić information content (AvgIpc) is 2.24. The summed E-state index contributed by atoms with van der Waals surface area (Å²) in [6.07, 6.45) is 11.7. The molecule has 6 heteroatoms. The maximum Gasteiger partial charge on any atom is 1.00 e. The van der Waals surface area contributed by atoms with Gasteiger partial charge >= 0.3 is 51.4 Å². The van der Waals surface area contributed by atoms with E-state index in [1.165, 1.54) is 44.9 Å². The molecule has 4 nitrogen and oxygen atoms in total. The molecule has 0 spiro atoms. The molecule has 0 amide bonds. The Morgan fingerprint density at radius 3 is 1.61 bits per heavy atom. The van der Waals surface area contributed by atoms with E-state index in [1.54, 1.807) is 0 Å². The minimum Gasteiger partial charge on any atom is -0.726 e. The van der Waals surface area contributed by atoms with E-state index in [4.69, 9.17) is 0 Å². The fourth-order valence-corrected chi connectivity index (χ4v) is 2.07. The summed E-state index contributed by atoms with van der Waals surface area (Å²) < 4.78 is 34.5. The molecule has 0 aromatic heterocycles. The third-order valence-electron chi connectivity index (χ3n) is 2.73. The van der Waals surface area contributed by atoms with Crippen LogP contribution in [0.25, 0.3) is 0 Å². The second kappa shape index (κ2) is 14.9. The molecule has 0 saturated carbocycles. The largest absolute Gasteiger partial charge is 1.00 e. The maximum atomic E-state index is 10.1. The molecular weight excluding hydrogens is 282 g/mol. The van der Waals surface area contributed by atoms with Crippen LogP contribution in [0.5, 0.6) is 0 Å². The van der Waals surface area contributed by atoms with Crippen molar-refractivity contribution in [3.05, 3.63) is 0 Å². The minimum atomic E-state index is -4.48. The van der Waals surface area contributed by atoms with Crippen LogP contribution in [-0.4, -0.2) is 19.6 Å². The van der Waals surface area contributed by atoms with Gasteiger partial charge in [-0.3, -0.25) is 4.18 Å². The van der Waals surface area contributed by atoms with Crippen LogP contribution in [-0.2, 0) is 14.6 Å². The molecule has 0 aliphatic heterocycles. The van der Waals surface area contributed by atoms with E-state index in [1.807, 2.05) is 0 Å². The Hall–Kier alpha value is 1.51. The van der Waals surface area contributed by atoms with Crippen molar-refractivity contribution in [2.24, 2.45) is 0 Å². The molecule has 0 aliphatic carbocycles. The van der Waals surface area contributed by atoms with Crippen LogP contribution in [0.2, 0.25) is 0 Å². The topological polar surface area (TPSA) is 66.4 Å². The fraction of sp³-hybridized carbons (Fsp3) is 1.00. The molecule has 0 fully saturated rings. The van der Waals surface area contributed by atoms with Gasteiger partial charge in [0.15, 0.2) is 0 Å². The van der Waals surface area contributed by atoms with Gasteiger partial charge in [0.2, 0.25) is 10.4 Å². The van der Waals surface area contributed by atoms with Crippen LogP contribution in [0.15, 0.2) is 0 Å². The van der Waals surface area contributed by atoms with Crippen molar-refractivity contribution in [1.82, 2.24) is 0 Å². The zero-order valence-corrected chi connectivity index (χ0v) is 15.8. The molecule has 0 rings (SSSR count). The van der Waals surface area contributed by atoms with Crippen molar-refractivity contribution in [1.29, 1.82) is 0 Å². The van der Waals surface area contributed by atoms with Gasteiger partial charge in [-0.2, -0.15) is 0 Å². The third kappa shape index (κ3) is 19.8. The molecule has 0 N–H and O–H groups in total. The summed E-state index contributed by atoms with van der Waals surface area (Å²) in [5.74, 6) is 0. The number of rotatable bonds is 12. The van der Waals surface area contributed by atoms with E-state index in [-0.39, 0.29) is 58.0 Å². The Kier molecular flexibility index (Phi) is 18.1. The second-order valence-corrected chi connectivity index (χ2v) is 5.46. The van der Waals surface area contributed by atoms with E-state index < -0.39 is 10.4 Å². The Labute approximate surface area is 155 Å². The number of unbranched alkanes of at least 4 members (excludes halogenated alkanes) is 9. The smallest absolute Gasteiger partial charge is 0.726 e. The van der Waals surface area contributed by atoms with Crippen molar-refractivity contribution in [3.8, 4) is 0 Å². The molecular formula is C12H25KO4S. The SMILES string of the molecule is CCCCCCCCCCCCO[35S](=O)(=O)[O-].[K+]. The monoisotopic (exact) mass is 307 g/mol. The Bertz CT molecular complexity index is 255. The normalized spacial score (nSPS) is 11.2. The van der Waals surface area contributed by atoms with Gasteiger partial charge in [-0.1, -0.05) is 64.7 Å².